The zero-order valence-corrected chi connectivity index (χ0v) is 21.3. The summed E-state index contributed by atoms with van der Waals surface area (Å²) in [5.41, 5.74) is 6.55. The molecule has 1 aliphatic heterocycles. The highest BCUT2D eigenvalue weighted by atomic mass is 19.1. The Balaban J connectivity index is 1.54. The van der Waals surface area contributed by atoms with Gasteiger partial charge in [-0.25, -0.2) is 13.9 Å². The monoisotopic (exact) mass is 505 g/mol. The van der Waals surface area contributed by atoms with Gasteiger partial charge in [-0.2, -0.15) is 5.10 Å². The van der Waals surface area contributed by atoms with Crippen LogP contribution in [0.3, 0.4) is 0 Å². The van der Waals surface area contributed by atoms with E-state index in [-0.39, 0.29) is 17.9 Å². The molecule has 6 nitrogen and oxygen atoms in total. The Kier molecular flexibility index (Phi) is 6.04. The molecular formula is C31H28FN5O. The third kappa shape index (κ3) is 4.16. The molecule has 6 rings (SSSR count). The highest BCUT2D eigenvalue weighted by Crippen LogP contribution is 2.39. The smallest absolute Gasteiger partial charge is 0.308 e. The van der Waals surface area contributed by atoms with Gasteiger partial charge in [0.2, 0.25) is 0 Å². The number of hydrogen-bond acceptors (Lipinski definition) is 2. The molecule has 0 radical (unpaired) electrons. The van der Waals surface area contributed by atoms with Crippen LogP contribution in [0.2, 0.25) is 0 Å². The number of para-hydroxylation sites is 1. The fraction of sp³-hybridized carbons (Fsp3) is 0.161. The molecule has 0 bridgehead atoms. The first-order valence-electron chi connectivity index (χ1n) is 12.8. The van der Waals surface area contributed by atoms with Crippen molar-refractivity contribution in [1.29, 1.82) is 0 Å². The molecule has 0 saturated carbocycles. The number of benzene rings is 3. The minimum Gasteiger partial charge on any atom is -0.308 e. The van der Waals surface area contributed by atoms with Crippen LogP contribution in [0.1, 0.15) is 41.0 Å². The van der Waals surface area contributed by atoms with Crippen LogP contribution in [0, 0.1) is 12.7 Å². The van der Waals surface area contributed by atoms with E-state index >= 15 is 0 Å². The number of nitrogens with one attached hydrogen (secondary N) is 1. The molecule has 3 heterocycles. The van der Waals surface area contributed by atoms with Crippen molar-refractivity contribution in [1.82, 2.24) is 19.2 Å². The van der Waals surface area contributed by atoms with E-state index in [0.717, 1.165) is 46.0 Å². The summed E-state index contributed by atoms with van der Waals surface area (Å²) >= 11 is 0. The van der Waals surface area contributed by atoms with Gasteiger partial charge in [-0.1, -0.05) is 55.0 Å². The number of aryl methyl sites for hydroxylation is 2. The predicted molar refractivity (Wildman–Crippen MR) is 146 cm³/mol. The second-order valence-corrected chi connectivity index (χ2v) is 9.53. The Morgan fingerprint density at radius 2 is 1.71 bits per heavy atom. The van der Waals surface area contributed by atoms with E-state index in [2.05, 4.69) is 54.1 Å². The molecule has 3 aromatic carbocycles. The Bertz CT molecular complexity index is 1590. The fourth-order valence-electron chi connectivity index (χ4n) is 5.18. The third-order valence-corrected chi connectivity index (χ3v) is 7.05. The lowest BCUT2D eigenvalue weighted by molar-refractivity contribution is 0.194. The van der Waals surface area contributed by atoms with Crippen molar-refractivity contribution in [3.05, 3.63) is 131 Å². The van der Waals surface area contributed by atoms with Crippen molar-refractivity contribution in [2.45, 2.75) is 32.9 Å². The van der Waals surface area contributed by atoms with E-state index in [9.17, 15) is 9.18 Å². The molecule has 0 unspecified atom stereocenters. The lowest BCUT2D eigenvalue weighted by atomic mass is 10.0. The highest BCUT2D eigenvalue weighted by molar-refractivity contribution is 5.90. The third-order valence-electron chi connectivity index (χ3n) is 7.05. The van der Waals surface area contributed by atoms with Gasteiger partial charge in [0.05, 0.1) is 29.7 Å². The lowest BCUT2D eigenvalue weighted by Crippen LogP contribution is -2.38. The largest absolute Gasteiger partial charge is 0.322 e. The minimum absolute atomic E-state index is 0.266. The van der Waals surface area contributed by atoms with Crippen LogP contribution in [-0.4, -0.2) is 25.3 Å². The Labute approximate surface area is 221 Å². The minimum atomic E-state index is -0.354. The summed E-state index contributed by atoms with van der Waals surface area (Å²) in [7, 11) is 0. The first kappa shape index (κ1) is 23.7. The van der Waals surface area contributed by atoms with Gasteiger partial charge in [-0.15, -0.1) is 0 Å². The van der Waals surface area contributed by atoms with E-state index in [1.807, 2.05) is 52.2 Å². The molecule has 5 aromatic rings. The Morgan fingerprint density at radius 1 is 0.974 bits per heavy atom. The Hall–Kier alpha value is -4.65. The maximum absolute atomic E-state index is 14.0. The number of aromatic nitrogens is 3. The molecule has 0 spiro atoms. The van der Waals surface area contributed by atoms with Crippen molar-refractivity contribution < 1.29 is 9.18 Å². The van der Waals surface area contributed by atoms with E-state index in [0.29, 0.717) is 12.2 Å². The second-order valence-electron chi connectivity index (χ2n) is 9.53. The number of amides is 2. The number of fused-ring (bicyclic) bond motifs is 3. The van der Waals surface area contributed by atoms with Crippen LogP contribution < -0.4 is 5.32 Å². The van der Waals surface area contributed by atoms with Crippen molar-refractivity contribution in [3.8, 4) is 11.5 Å². The van der Waals surface area contributed by atoms with Crippen LogP contribution in [0.15, 0.2) is 97.2 Å². The molecule has 1 N–H and O–H groups in total. The number of halogens is 1. The van der Waals surface area contributed by atoms with Gasteiger partial charge < -0.3 is 14.8 Å². The first-order chi connectivity index (χ1) is 18.5. The summed E-state index contributed by atoms with van der Waals surface area (Å²) < 4.78 is 17.7. The number of rotatable bonds is 4. The van der Waals surface area contributed by atoms with Crippen LogP contribution >= 0.6 is 0 Å². The quantitative estimate of drug-likeness (QED) is 0.292. The number of hydrogen-bond donors (Lipinski definition) is 1. The van der Waals surface area contributed by atoms with Crippen LogP contribution in [0.25, 0.3) is 11.5 Å². The van der Waals surface area contributed by atoms with Crippen molar-refractivity contribution in [3.63, 3.8) is 0 Å². The van der Waals surface area contributed by atoms with Crippen molar-refractivity contribution in [2.75, 3.05) is 5.32 Å². The molecule has 1 aliphatic rings. The SMILES string of the molecule is CCc1nn(-c2ccccc2)c2c1CN(C(=O)Nc1ccc(F)cc1)[C@@H](c1ccc(C)cc1)c1cccn1-2. The van der Waals surface area contributed by atoms with Crippen molar-refractivity contribution in [2.24, 2.45) is 0 Å². The second kappa shape index (κ2) is 9.67. The topological polar surface area (TPSA) is 55.1 Å². The molecule has 190 valence electrons. The van der Waals surface area contributed by atoms with E-state index in [1.54, 1.807) is 12.1 Å². The van der Waals surface area contributed by atoms with Crippen LogP contribution in [-0.2, 0) is 13.0 Å². The van der Waals surface area contributed by atoms with E-state index in [1.165, 1.54) is 12.1 Å². The molecule has 1 atom stereocenters. The molecule has 38 heavy (non-hydrogen) atoms. The average molecular weight is 506 g/mol. The predicted octanol–water partition coefficient (Wildman–Crippen LogP) is 6.81. The number of carbonyl (C=O) groups is 1. The lowest BCUT2D eigenvalue weighted by Gasteiger charge is -2.31. The maximum Gasteiger partial charge on any atom is 0.322 e. The summed E-state index contributed by atoms with van der Waals surface area (Å²) in [5, 5.41) is 7.98. The van der Waals surface area contributed by atoms with Gasteiger partial charge in [0.25, 0.3) is 0 Å². The number of anilines is 1. The molecule has 2 amide bonds. The maximum atomic E-state index is 14.0. The van der Waals surface area contributed by atoms with Crippen LogP contribution in [0.4, 0.5) is 14.9 Å². The average Bonchev–Trinajstić information content (AvgIpc) is 3.52. The van der Waals surface area contributed by atoms with Crippen molar-refractivity contribution >= 4 is 11.7 Å². The summed E-state index contributed by atoms with van der Waals surface area (Å²) in [4.78, 5) is 15.8. The molecule has 0 aliphatic carbocycles. The normalized spacial score (nSPS) is 14.5. The van der Waals surface area contributed by atoms with Gasteiger partial charge in [-0.3, -0.25) is 0 Å². The summed E-state index contributed by atoms with van der Waals surface area (Å²) in [6, 6.07) is 27.7. The van der Waals surface area contributed by atoms with Gasteiger partial charge in [0.15, 0.2) is 0 Å². The molecule has 0 fully saturated rings. The fourth-order valence-corrected chi connectivity index (χ4v) is 5.18. The van der Waals surface area contributed by atoms with Crippen LogP contribution in [0.5, 0.6) is 0 Å². The zero-order chi connectivity index (χ0) is 26.2. The summed E-state index contributed by atoms with van der Waals surface area (Å²) in [6.45, 7) is 4.49. The van der Waals surface area contributed by atoms with Gasteiger partial charge >= 0.3 is 6.03 Å². The van der Waals surface area contributed by atoms with Gasteiger partial charge in [0.1, 0.15) is 11.6 Å². The Morgan fingerprint density at radius 3 is 2.42 bits per heavy atom. The van der Waals surface area contributed by atoms with Gasteiger partial charge in [0, 0.05) is 17.4 Å². The standard InChI is InChI=1S/C31H28FN5O/c1-3-27-26-20-36(31(38)33-24-17-15-23(32)16-18-24)29(22-13-11-21(2)12-14-22)28-10-7-19-35(28)30(26)37(34-27)25-8-5-4-6-9-25/h4-19,29H,3,20H2,1-2H3,(H,33,38)/t29-/m0/s1. The molecule has 7 heteroatoms. The first-order valence-corrected chi connectivity index (χ1v) is 12.8. The molecule has 2 aromatic heterocycles. The number of carbonyl (C=O) groups excluding carboxylic acids is 1. The number of urea groups is 1. The summed E-state index contributed by atoms with van der Waals surface area (Å²) in [5.74, 6) is 0.584. The number of nitrogens with zero attached hydrogens (tertiary/aromatic N) is 4. The van der Waals surface area contributed by atoms with E-state index < -0.39 is 0 Å². The van der Waals surface area contributed by atoms with E-state index in [4.69, 9.17) is 5.10 Å². The zero-order valence-electron chi connectivity index (χ0n) is 21.3. The van der Waals surface area contributed by atoms with Gasteiger partial charge in [-0.05, 0) is 67.4 Å². The molecule has 0 saturated heterocycles. The molecular weight excluding hydrogens is 477 g/mol. The highest BCUT2D eigenvalue weighted by Gasteiger charge is 2.36. The summed E-state index contributed by atoms with van der Waals surface area (Å²) in [6.07, 6.45) is 2.76.